The molecule has 2 aliphatic heterocycles. The number of likely N-dealkylation sites (tertiary alicyclic amines) is 1. The Hall–Kier alpha value is -1.92. The second kappa shape index (κ2) is 7.76. The van der Waals surface area contributed by atoms with Crippen LogP contribution in [-0.2, 0) is 6.54 Å². The number of hydrogen-bond donors (Lipinski definition) is 1. The molecule has 1 N–H and O–H groups in total. The largest absolute Gasteiger partial charge is 0.350 e. The maximum atomic E-state index is 13.2. The van der Waals surface area contributed by atoms with Crippen molar-refractivity contribution >= 4 is 0 Å². The van der Waals surface area contributed by atoms with Gasteiger partial charge < -0.3 is 10.2 Å². The van der Waals surface area contributed by atoms with E-state index < -0.39 is 0 Å². The smallest absolute Gasteiger partial charge is 0.317 e. The zero-order valence-electron chi connectivity index (χ0n) is 15.6. The molecule has 0 spiro atoms. The molecule has 0 amide bonds. The topological polar surface area (TPSA) is 55.1 Å². The lowest BCUT2D eigenvalue weighted by Crippen LogP contribution is -2.30. The minimum absolute atomic E-state index is 0.00498. The highest BCUT2D eigenvalue weighted by atomic mass is 16.2. The van der Waals surface area contributed by atoms with E-state index in [1.807, 2.05) is 34.9 Å². The Morgan fingerprint density at radius 1 is 1.15 bits per heavy atom. The molecule has 0 radical (unpaired) electrons. The van der Waals surface area contributed by atoms with Crippen LogP contribution in [0.5, 0.6) is 0 Å². The highest BCUT2D eigenvalue weighted by Crippen LogP contribution is 2.25. The molecule has 0 aliphatic carbocycles. The molecule has 1 aromatic carbocycles. The van der Waals surface area contributed by atoms with Crippen LogP contribution >= 0.6 is 0 Å². The lowest BCUT2D eigenvalue weighted by Gasteiger charge is -2.22. The standard InChI is InChI=1S/C20H29N5O/c1-23-14-5-8-17(23)11-15-24-20(26)25(18-6-3-2-4-7-18)19(22-24)16-9-12-21-13-10-16/h2-4,6-7,16-17,21H,5,8-15H2,1H3/t17-/m1/s1. The fraction of sp³-hybridized carbons (Fsp3) is 0.600. The van der Waals surface area contributed by atoms with Crippen LogP contribution < -0.4 is 11.0 Å². The van der Waals surface area contributed by atoms with Crippen molar-refractivity contribution in [2.75, 3.05) is 26.7 Å². The summed E-state index contributed by atoms with van der Waals surface area (Å²) in [5.41, 5.74) is 0.931. The average Bonchev–Trinajstić information content (AvgIpc) is 3.24. The first kappa shape index (κ1) is 17.5. The second-order valence-electron chi connectivity index (χ2n) is 7.62. The summed E-state index contributed by atoms with van der Waals surface area (Å²) in [5, 5.41) is 8.22. The summed E-state index contributed by atoms with van der Waals surface area (Å²) in [4.78, 5) is 15.6. The van der Waals surface area contributed by atoms with Crippen LogP contribution in [0.25, 0.3) is 5.69 Å². The number of aryl methyl sites for hydroxylation is 1. The zero-order chi connectivity index (χ0) is 17.9. The molecule has 2 aromatic rings. The van der Waals surface area contributed by atoms with Gasteiger partial charge in [-0.15, -0.1) is 0 Å². The molecule has 26 heavy (non-hydrogen) atoms. The van der Waals surface area contributed by atoms with Gasteiger partial charge in [-0.1, -0.05) is 18.2 Å². The molecule has 1 aromatic heterocycles. The normalized spacial score (nSPS) is 22.1. The zero-order valence-corrected chi connectivity index (χ0v) is 15.6. The van der Waals surface area contributed by atoms with Crippen molar-refractivity contribution < 1.29 is 0 Å². The fourth-order valence-corrected chi connectivity index (χ4v) is 4.35. The number of nitrogens with one attached hydrogen (secondary N) is 1. The summed E-state index contributed by atoms with van der Waals surface area (Å²) in [6.07, 6.45) is 5.55. The van der Waals surface area contributed by atoms with Crippen LogP contribution in [0.15, 0.2) is 35.1 Å². The molecular formula is C20H29N5O. The highest BCUT2D eigenvalue weighted by Gasteiger charge is 2.26. The minimum Gasteiger partial charge on any atom is -0.317 e. The van der Waals surface area contributed by atoms with Gasteiger partial charge >= 0.3 is 5.69 Å². The van der Waals surface area contributed by atoms with E-state index in [0.29, 0.717) is 18.5 Å². The van der Waals surface area contributed by atoms with E-state index in [4.69, 9.17) is 5.10 Å². The molecular weight excluding hydrogens is 326 g/mol. The molecule has 3 heterocycles. The van der Waals surface area contributed by atoms with Crippen molar-refractivity contribution in [3.8, 4) is 5.69 Å². The van der Waals surface area contributed by atoms with Gasteiger partial charge in [-0.25, -0.2) is 14.0 Å². The molecule has 4 rings (SSSR count). The van der Waals surface area contributed by atoms with Crippen LogP contribution in [0.2, 0.25) is 0 Å². The fourth-order valence-electron chi connectivity index (χ4n) is 4.35. The van der Waals surface area contributed by atoms with Gasteiger partial charge in [-0.3, -0.25) is 0 Å². The summed E-state index contributed by atoms with van der Waals surface area (Å²) in [6, 6.07) is 10.5. The van der Waals surface area contributed by atoms with Gasteiger partial charge in [0, 0.05) is 18.5 Å². The van der Waals surface area contributed by atoms with Crippen molar-refractivity contribution in [1.29, 1.82) is 0 Å². The van der Waals surface area contributed by atoms with Gasteiger partial charge in [0.15, 0.2) is 0 Å². The van der Waals surface area contributed by atoms with Crippen LogP contribution in [-0.4, -0.2) is 52.0 Å². The maximum absolute atomic E-state index is 13.2. The SMILES string of the molecule is CN1CCC[C@@H]1CCn1nc(C2CCNCC2)n(-c2ccccc2)c1=O. The van der Waals surface area contributed by atoms with Crippen LogP contribution in [0.4, 0.5) is 0 Å². The monoisotopic (exact) mass is 355 g/mol. The first-order valence-electron chi connectivity index (χ1n) is 9.90. The van der Waals surface area contributed by atoms with Crippen LogP contribution in [0, 0.1) is 0 Å². The summed E-state index contributed by atoms with van der Waals surface area (Å²) in [6.45, 7) is 3.85. The van der Waals surface area contributed by atoms with Gasteiger partial charge in [0.05, 0.1) is 5.69 Å². The molecule has 6 nitrogen and oxygen atoms in total. The number of aromatic nitrogens is 3. The quantitative estimate of drug-likeness (QED) is 0.891. The predicted molar refractivity (Wildman–Crippen MR) is 103 cm³/mol. The van der Waals surface area contributed by atoms with Crippen molar-refractivity contribution in [3.05, 3.63) is 46.6 Å². The van der Waals surface area contributed by atoms with Gasteiger partial charge in [-0.05, 0) is 70.9 Å². The van der Waals surface area contributed by atoms with Crippen molar-refractivity contribution in [2.45, 2.75) is 50.6 Å². The number of benzene rings is 1. The van der Waals surface area contributed by atoms with Gasteiger partial charge in [0.2, 0.25) is 0 Å². The van der Waals surface area contributed by atoms with E-state index in [9.17, 15) is 4.79 Å². The number of para-hydroxylation sites is 1. The third kappa shape index (κ3) is 3.48. The third-order valence-corrected chi connectivity index (χ3v) is 5.93. The number of hydrogen-bond acceptors (Lipinski definition) is 4. The summed E-state index contributed by atoms with van der Waals surface area (Å²) < 4.78 is 3.55. The minimum atomic E-state index is 0.00498. The number of piperidine rings is 1. The first-order valence-corrected chi connectivity index (χ1v) is 9.90. The summed E-state index contributed by atoms with van der Waals surface area (Å²) in [7, 11) is 2.18. The Morgan fingerprint density at radius 2 is 1.92 bits per heavy atom. The van der Waals surface area contributed by atoms with Crippen LogP contribution in [0.3, 0.4) is 0 Å². The maximum Gasteiger partial charge on any atom is 0.350 e. The van der Waals surface area contributed by atoms with E-state index in [0.717, 1.165) is 43.9 Å². The molecule has 2 saturated heterocycles. The van der Waals surface area contributed by atoms with Gasteiger partial charge in [0.1, 0.15) is 5.82 Å². The van der Waals surface area contributed by atoms with E-state index in [1.54, 1.807) is 4.68 Å². The van der Waals surface area contributed by atoms with E-state index in [1.165, 1.54) is 19.4 Å². The van der Waals surface area contributed by atoms with Crippen LogP contribution in [0.1, 0.15) is 43.8 Å². The number of nitrogens with zero attached hydrogens (tertiary/aromatic N) is 4. The van der Waals surface area contributed by atoms with E-state index in [-0.39, 0.29) is 5.69 Å². The Kier molecular flexibility index (Phi) is 5.22. The third-order valence-electron chi connectivity index (χ3n) is 5.93. The average molecular weight is 355 g/mol. The highest BCUT2D eigenvalue weighted by molar-refractivity contribution is 5.33. The Morgan fingerprint density at radius 3 is 2.62 bits per heavy atom. The molecule has 6 heteroatoms. The molecule has 2 aliphatic rings. The van der Waals surface area contributed by atoms with E-state index in [2.05, 4.69) is 17.3 Å². The molecule has 0 saturated carbocycles. The Balaban J connectivity index is 1.64. The molecule has 1 atom stereocenters. The van der Waals surface area contributed by atoms with E-state index >= 15 is 0 Å². The predicted octanol–water partition coefficient (Wildman–Crippen LogP) is 1.99. The molecule has 0 bridgehead atoms. The molecule has 140 valence electrons. The second-order valence-corrected chi connectivity index (χ2v) is 7.62. The molecule has 2 fully saturated rings. The lowest BCUT2D eigenvalue weighted by atomic mass is 9.97. The van der Waals surface area contributed by atoms with Crippen molar-refractivity contribution in [2.24, 2.45) is 0 Å². The molecule has 0 unspecified atom stereocenters. The van der Waals surface area contributed by atoms with Gasteiger partial charge in [0.25, 0.3) is 0 Å². The Bertz CT molecular complexity index is 775. The van der Waals surface area contributed by atoms with Crippen molar-refractivity contribution in [1.82, 2.24) is 24.6 Å². The van der Waals surface area contributed by atoms with Gasteiger partial charge in [-0.2, -0.15) is 5.10 Å². The summed E-state index contributed by atoms with van der Waals surface area (Å²) >= 11 is 0. The Labute approximate surface area is 154 Å². The number of rotatable bonds is 5. The van der Waals surface area contributed by atoms with Crippen molar-refractivity contribution in [3.63, 3.8) is 0 Å². The summed E-state index contributed by atoms with van der Waals surface area (Å²) in [5.74, 6) is 1.28. The first-order chi connectivity index (χ1) is 12.7. The lowest BCUT2D eigenvalue weighted by molar-refractivity contribution is 0.281.